The van der Waals surface area contributed by atoms with Crippen molar-refractivity contribution in [3.63, 3.8) is 0 Å². The van der Waals surface area contributed by atoms with Gasteiger partial charge in [0.25, 0.3) is 0 Å². The summed E-state index contributed by atoms with van der Waals surface area (Å²) in [6.07, 6.45) is -4.25. The van der Waals surface area contributed by atoms with Crippen molar-refractivity contribution in [2.45, 2.75) is 30.7 Å². The highest BCUT2D eigenvalue weighted by Gasteiger charge is 2.46. The smallest absolute Gasteiger partial charge is 0.184 e. The van der Waals surface area contributed by atoms with Crippen molar-refractivity contribution in [3.8, 4) is 0 Å². The quantitative estimate of drug-likeness (QED) is 0.399. The molecule has 88 valence electrons. The molecule has 0 saturated carbocycles. The van der Waals surface area contributed by atoms with E-state index < -0.39 is 37.3 Å². The summed E-state index contributed by atoms with van der Waals surface area (Å²) in [7, 11) is 0. The fraction of sp³-hybridized carbons (Fsp3) is 0.778. The Bertz CT molecular complexity index is 209. The van der Waals surface area contributed by atoms with E-state index in [0.29, 0.717) is 0 Å². The molecular formula is C9H16O6. The molecule has 4 N–H and O–H groups in total. The minimum Gasteiger partial charge on any atom is -0.394 e. The molecule has 1 fully saturated rings. The van der Waals surface area contributed by atoms with Crippen molar-refractivity contribution >= 4 is 0 Å². The summed E-state index contributed by atoms with van der Waals surface area (Å²) in [5.74, 6) is 0. The lowest BCUT2D eigenvalue weighted by Gasteiger charge is -2.19. The molecule has 0 bridgehead atoms. The van der Waals surface area contributed by atoms with Gasteiger partial charge in [0.05, 0.1) is 13.2 Å². The van der Waals surface area contributed by atoms with Crippen LogP contribution in [0.1, 0.15) is 0 Å². The van der Waals surface area contributed by atoms with Gasteiger partial charge in [-0.25, -0.2) is 0 Å². The molecule has 0 radical (unpaired) electrons. The molecule has 0 aliphatic carbocycles. The first-order valence-electron chi connectivity index (χ1n) is 4.64. The van der Waals surface area contributed by atoms with E-state index in [4.69, 9.17) is 14.6 Å². The van der Waals surface area contributed by atoms with Gasteiger partial charge in [0.1, 0.15) is 24.4 Å². The zero-order chi connectivity index (χ0) is 11.4. The first-order chi connectivity index (χ1) is 7.11. The van der Waals surface area contributed by atoms with Crippen molar-refractivity contribution in [1.29, 1.82) is 0 Å². The van der Waals surface area contributed by atoms with Gasteiger partial charge in [0, 0.05) is 0 Å². The number of ether oxygens (including phenoxy) is 2. The summed E-state index contributed by atoms with van der Waals surface area (Å²) in [6.45, 7) is 3.03. The highest BCUT2D eigenvalue weighted by Crippen LogP contribution is 2.24. The second-order valence-electron chi connectivity index (χ2n) is 3.32. The van der Waals surface area contributed by atoms with Crippen LogP contribution in [0.4, 0.5) is 0 Å². The molecule has 5 atom stereocenters. The average molecular weight is 220 g/mol. The maximum atomic E-state index is 9.63. The molecule has 0 aromatic carbocycles. The van der Waals surface area contributed by atoms with E-state index >= 15 is 0 Å². The summed E-state index contributed by atoms with van der Waals surface area (Å²) < 4.78 is 9.94. The summed E-state index contributed by atoms with van der Waals surface area (Å²) >= 11 is 0. The van der Waals surface area contributed by atoms with Crippen molar-refractivity contribution in [1.82, 2.24) is 0 Å². The van der Waals surface area contributed by atoms with Crippen LogP contribution in [0.2, 0.25) is 0 Å². The van der Waals surface area contributed by atoms with Crippen LogP contribution in [0.25, 0.3) is 0 Å². The normalized spacial score (nSPS) is 37.9. The van der Waals surface area contributed by atoms with E-state index in [9.17, 15) is 15.3 Å². The van der Waals surface area contributed by atoms with Gasteiger partial charge in [-0.3, -0.25) is 0 Å². The molecule has 0 aromatic heterocycles. The fourth-order valence-electron chi connectivity index (χ4n) is 1.46. The van der Waals surface area contributed by atoms with Gasteiger partial charge in [-0.15, -0.1) is 6.58 Å². The Labute approximate surface area is 87.4 Å². The highest BCUT2D eigenvalue weighted by atomic mass is 16.7. The molecule has 0 spiro atoms. The van der Waals surface area contributed by atoms with Crippen LogP contribution in [0.3, 0.4) is 0 Å². The van der Waals surface area contributed by atoms with Gasteiger partial charge in [0.15, 0.2) is 6.29 Å². The lowest BCUT2D eigenvalue weighted by Crippen LogP contribution is -2.41. The molecule has 1 aliphatic heterocycles. The molecule has 1 unspecified atom stereocenters. The standard InChI is InChI=1S/C9H16O6/c1-2-3-14-8-6(12)7(5(11)4-10)15-9(8)13/h2,5-13H,1,3-4H2/t5-,6+,7-,8-,9?/m1/s1. The summed E-state index contributed by atoms with van der Waals surface area (Å²) in [6, 6.07) is 0. The third-order valence-corrected chi connectivity index (χ3v) is 2.22. The minimum absolute atomic E-state index is 0.157. The van der Waals surface area contributed by atoms with Gasteiger partial charge in [0.2, 0.25) is 0 Å². The van der Waals surface area contributed by atoms with Crippen LogP contribution in [-0.2, 0) is 9.47 Å². The third kappa shape index (κ3) is 2.75. The van der Waals surface area contributed by atoms with Crippen LogP contribution >= 0.6 is 0 Å². The Morgan fingerprint density at radius 1 is 1.47 bits per heavy atom. The molecule has 6 heteroatoms. The zero-order valence-electron chi connectivity index (χ0n) is 8.19. The molecular weight excluding hydrogens is 204 g/mol. The van der Waals surface area contributed by atoms with Gasteiger partial charge in [-0.05, 0) is 0 Å². The van der Waals surface area contributed by atoms with E-state index in [1.165, 1.54) is 6.08 Å². The minimum atomic E-state index is -1.31. The summed E-state index contributed by atoms with van der Waals surface area (Å²) in [4.78, 5) is 0. The van der Waals surface area contributed by atoms with Crippen molar-refractivity contribution < 1.29 is 29.9 Å². The molecule has 6 nitrogen and oxygen atoms in total. The SMILES string of the molecule is C=CCO[C@H]1C(O)O[C@H]([C@H](O)CO)[C@@H]1O. The lowest BCUT2D eigenvalue weighted by atomic mass is 10.1. The lowest BCUT2D eigenvalue weighted by molar-refractivity contribution is -0.156. The van der Waals surface area contributed by atoms with E-state index in [2.05, 4.69) is 6.58 Å². The monoisotopic (exact) mass is 220 g/mol. The second-order valence-corrected chi connectivity index (χ2v) is 3.32. The first-order valence-corrected chi connectivity index (χ1v) is 4.64. The Morgan fingerprint density at radius 2 is 2.13 bits per heavy atom. The topological polar surface area (TPSA) is 99.4 Å². The van der Waals surface area contributed by atoms with E-state index in [-0.39, 0.29) is 6.61 Å². The molecule has 15 heavy (non-hydrogen) atoms. The van der Waals surface area contributed by atoms with Gasteiger partial charge in [-0.2, -0.15) is 0 Å². The van der Waals surface area contributed by atoms with Crippen LogP contribution in [0.5, 0.6) is 0 Å². The summed E-state index contributed by atoms with van der Waals surface area (Å²) in [5.41, 5.74) is 0. The zero-order valence-corrected chi connectivity index (χ0v) is 8.19. The van der Waals surface area contributed by atoms with E-state index in [0.717, 1.165) is 0 Å². The fourth-order valence-corrected chi connectivity index (χ4v) is 1.46. The predicted octanol–water partition coefficient (Wildman–Crippen LogP) is -2.01. The van der Waals surface area contributed by atoms with Crippen molar-refractivity contribution in [2.24, 2.45) is 0 Å². The number of hydrogen-bond acceptors (Lipinski definition) is 6. The second kappa shape index (κ2) is 5.55. The predicted molar refractivity (Wildman–Crippen MR) is 49.9 cm³/mol. The van der Waals surface area contributed by atoms with E-state index in [1.807, 2.05) is 0 Å². The average Bonchev–Trinajstić information content (AvgIpc) is 2.51. The third-order valence-electron chi connectivity index (χ3n) is 2.22. The number of aliphatic hydroxyl groups excluding tert-OH is 4. The first kappa shape index (κ1) is 12.6. The molecule has 1 rings (SSSR count). The Kier molecular flexibility index (Phi) is 4.65. The maximum Gasteiger partial charge on any atom is 0.184 e. The van der Waals surface area contributed by atoms with Crippen LogP contribution in [0.15, 0.2) is 12.7 Å². The van der Waals surface area contributed by atoms with Crippen molar-refractivity contribution in [2.75, 3.05) is 13.2 Å². The highest BCUT2D eigenvalue weighted by molar-refractivity contribution is 4.91. The number of hydrogen-bond donors (Lipinski definition) is 4. The van der Waals surface area contributed by atoms with Crippen LogP contribution in [0, 0.1) is 0 Å². The number of aliphatic hydroxyl groups is 4. The summed E-state index contributed by atoms with van der Waals surface area (Å²) in [5, 5.41) is 36.9. The van der Waals surface area contributed by atoms with Gasteiger partial charge < -0.3 is 29.9 Å². The number of rotatable bonds is 5. The van der Waals surface area contributed by atoms with Gasteiger partial charge >= 0.3 is 0 Å². The van der Waals surface area contributed by atoms with Crippen LogP contribution in [-0.4, -0.2) is 64.3 Å². The van der Waals surface area contributed by atoms with Gasteiger partial charge in [-0.1, -0.05) is 6.08 Å². The molecule has 1 aliphatic rings. The van der Waals surface area contributed by atoms with Crippen molar-refractivity contribution in [3.05, 3.63) is 12.7 Å². The van der Waals surface area contributed by atoms with Crippen LogP contribution < -0.4 is 0 Å². The maximum absolute atomic E-state index is 9.63. The largest absolute Gasteiger partial charge is 0.394 e. The molecule has 0 aromatic rings. The Balaban J connectivity index is 2.56. The Hall–Kier alpha value is -0.500. The molecule has 0 amide bonds. The Morgan fingerprint density at radius 3 is 2.67 bits per heavy atom. The molecule has 1 saturated heterocycles. The van der Waals surface area contributed by atoms with E-state index in [1.54, 1.807) is 0 Å². The molecule has 1 heterocycles.